The smallest absolute Gasteiger partial charge is 0.134 e. The van der Waals surface area contributed by atoms with Crippen LogP contribution in [0.1, 0.15) is 25.1 Å². The third kappa shape index (κ3) is 2.90. The van der Waals surface area contributed by atoms with Gasteiger partial charge in [-0.25, -0.2) is 9.97 Å². The third-order valence-corrected chi connectivity index (χ3v) is 3.14. The first kappa shape index (κ1) is 13.5. The van der Waals surface area contributed by atoms with Gasteiger partial charge in [-0.1, -0.05) is 19.1 Å². The van der Waals surface area contributed by atoms with E-state index in [2.05, 4.69) is 9.97 Å². The van der Waals surface area contributed by atoms with Crippen LogP contribution < -0.4 is 4.74 Å². The first-order valence-corrected chi connectivity index (χ1v) is 6.37. The van der Waals surface area contributed by atoms with Gasteiger partial charge in [-0.05, 0) is 24.6 Å². The highest BCUT2D eigenvalue weighted by molar-refractivity contribution is 5.66. The average molecular weight is 258 g/mol. The molecule has 0 aliphatic carbocycles. The number of nitrogens with zero attached hydrogens (tertiary/aromatic N) is 2. The zero-order chi connectivity index (χ0) is 13.7. The van der Waals surface area contributed by atoms with Crippen molar-refractivity contribution in [3.8, 4) is 17.0 Å². The van der Waals surface area contributed by atoms with Crippen LogP contribution in [-0.4, -0.2) is 28.8 Å². The monoisotopic (exact) mass is 258 g/mol. The fraction of sp³-hybridized carbons (Fsp3) is 0.333. The fourth-order valence-corrected chi connectivity index (χ4v) is 1.97. The van der Waals surface area contributed by atoms with Crippen LogP contribution in [0.3, 0.4) is 0 Å². The summed E-state index contributed by atoms with van der Waals surface area (Å²) < 4.78 is 5.34. The van der Waals surface area contributed by atoms with Crippen molar-refractivity contribution < 1.29 is 9.84 Å². The summed E-state index contributed by atoms with van der Waals surface area (Å²) >= 11 is 0. The number of ether oxygens (including phenoxy) is 1. The van der Waals surface area contributed by atoms with Crippen molar-refractivity contribution in [1.29, 1.82) is 0 Å². The largest absolute Gasteiger partial charge is 0.496 e. The van der Waals surface area contributed by atoms with Gasteiger partial charge in [0.2, 0.25) is 0 Å². The van der Waals surface area contributed by atoms with Gasteiger partial charge in [0, 0.05) is 17.7 Å². The van der Waals surface area contributed by atoms with Crippen LogP contribution in [0.2, 0.25) is 0 Å². The molecule has 4 heteroatoms. The molecule has 1 unspecified atom stereocenters. The number of methoxy groups -OCH3 is 1. The lowest BCUT2D eigenvalue weighted by atomic mass is 10.1. The van der Waals surface area contributed by atoms with Crippen LogP contribution in [0.15, 0.2) is 36.5 Å². The van der Waals surface area contributed by atoms with Crippen molar-refractivity contribution in [3.05, 3.63) is 42.4 Å². The minimum atomic E-state index is -0.0188. The Balaban J connectivity index is 2.43. The van der Waals surface area contributed by atoms with Gasteiger partial charge in [0.25, 0.3) is 0 Å². The Morgan fingerprint density at radius 1 is 1.26 bits per heavy atom. The standard InChI is InChI=1S/C15H18N2O2/c1-3-11(10-18)15-16-9-8-13(17-15)12-6-4-5-7-14(12)19-2/h4-9,11,18H,3,10H2,1-2H3. The van der Waals surface area contributed by atoms with E-state index < -0.39 is 0 Å². The average Bonchev–Trinajstić information content (AvgIpc) is 2.49. The molecule has 0 saturated carbocycles. The van der Waals surface area contributed by atoms with E-state index >= 15 is 0 Å². The second-order valence-electron chi connectivity index (χ2n) is 4.29. The highest BCUT2D eigenvalue weighted by Gasteiger charge is 2.13. The Labute approximate surface area is 113 Å². The number of hydrogen-bond acceptors (Lipinski definition) is 4. The molecule has 2 rings (SSSR count). The Kier molecular flexibility index (Phi) is 4.47. The van der Waals surface area contributed by atoms with Crippen molar-refractivity contribution in [3.63, 3.8) is 0 Å². The third-order valence-electron chi connectivity index (χ3n) is 3.14. The van der Waals surface area contributed by atoms with E-state index in [0.29, 0.717) is 5.82 Å². The second kappa shape index (κ2) is 6.29. The molecule has 0 saturated heterocycles. The van der Waals surface area contributed by atoms with Gasteiger partial charge in [-0.2, -0.15) is 0 Å². The maximum atomic E-state index is 9.34. The molecule has 1 aromatic heterocycles. The van der Waals surface area contributed by atoms with Crippen LogP contribution in [0.4, 0.5) is 0 Å². The summed E-state index contributed by atoms with van der Waals surface area (Å²) in [6.07, 6.45) is 2.54. The molecule has 1 atom stereocenters. The van der Waals surface area contributed by atoms with E-state index in [9.17, 15) is 5.11 Å². The van der Waals surface area contributed by atoms with Gasteiger partial charge in [0.1, 0.15) is 11.6 Å². The van der Waals surface area contributed by atoms with Crippen molar-refractivity contribution >= 4 is 0 Å². The van der Waals surface area contributed by atoms with Gasteiger partial charge in [0.15, 0.2) is 0 Å². The molecular weight excluding hydrogens is 240 g/mol. The van der Waals surface area contributed by atoms with Gasteiger partial charge >= 0.3 is 0 Å². The highest BCUT2D eigenvalue weighted by atomic mass is 16.5. The summed E-state index contributed by atoms with van der Waals surface area (Å²) in [4.78, 5) is 8.79. The molecule has 0 bridgehead atoms. The summed E-state index contributed by atoms with van der Waals surface area (Å²) in [6.45, 7) is 2.08. The molecule has 0 amide bonds. The normalized spacial score (nSPS) is 12.2. The number of aromatic nitrogens is 2. The molecule has 0 spiro atoms. The van der Waals surface area contributed by atoms with Crippen LogP contribution in [0.5, 0.6) is 5.75 Å². The lowest BCUT2D eigenvalue weighted by Crippen LogP contribution is -2.08. The van der Waals surface area contributed by atoms with Crippen molar-refractivity contribution in [2.45, 2.75) is 19.3 Å². The number of aliphatic hydroxyl groups is 1. The number of hydrogen-bond donors (Lipinski definition) is 1. The maximum Gasteiger partial charge on any atom is 0.134 e. The number of para-hydroxylation sites is 1. The molecule has 0 radical (unpaired) electrons. The van der Waals surface area contributed by atoms with E-state index in [1.54, 1.807) is 13.3 Å². The zero-order valence-electron chi connectivity index (χ0n) is 11.2. The Bertz CT molecular complexity index is 539. The van der Waals surface area contributed by atoms with E-state index in [1.165, 1.54) is 0 Å². The molecule has 1 aromatic carbocycles. The van der Waals surface area contributed by atoms with Gasteiger partial charge in [-0.15, -0.1) is 0 Å². The highest BCUT2D eigenvalue weighted by Crippen LogP contribution is 2.28. The minimum Gasteiger partial charge on any atom is -0.496 e. The SMILES string of the molecule is CCC(CO)c1nccc(-c2ccccc2OC)n1. The van der Waals surface area contributed by atoms with Gasteiger partial charge < -0.3 is 9.84 Å². The van der Waals surface area contributed by atoms with E-state index in [-0.39, 0.29) is 12.5 Å². The summed E-state index contributed by atoms with van der Waals surface area (Å²) in [5, 5.41) is 9.34. The fourth-order valence-electron chi connectivity index (χ4n) is 1.97. The van der Waals surface area contributed by atoms with E-state index in [4.69, 9.17) is 4.74 Å². The van der Waals surface area contributed by atoms with Crippen LogP contribution in [0.25, 0.3) is 11.3 Å². The lowest BCUT2D eigenvalue weighted by molar-refractivity contribution is 0.257. The summed E-state index contributed by atoms with van der Waals surface area (Å²) in [7, 11) is 1.64. The molecule has 19 heavy (non-hydrogen) atoms. The Morgan fingerprint density at radius 2 is 2.05 bits per heavy atom. The summed E-state index contributed by atoms with van der Waals surface area (Å²) in [5.74, 6) is 1.44. The predicted octanol–water partition coefficient (Wildman–Crippen LogP) is 2.64. The zero-order valence-corrected chi connectivity index (χ0v) is 11.2. The summed E-state index contributed by atoms with van der Waals surface area (Å²) in [6, 6.07) is 9.59. The summed E-state index contributed by atoms with van der Waals surface area (Å²) in [5.41, 5.74) is 1.75. The first-order valence-electron chi connectivity index (χ1n) is 6.37. The molecule has 100 valence electrons. The molecule has 2 aromatic rings. The molecular formula is C15H18N2O2. The lowest BCUT2D eigenvalue weighted by Gasteiger charge is -2.12. The van der Waals surface area contributed by atoms with Crippen molar-refractivity contribution in [2.24, 2.45) is 0 Å². The Morgan fingerprint density at radius 3 is 2.74 bits per heavy atom. The minimum absolute atomic E-state index is 0.0188. The maximum absolute atomic E-state index is 9.34. The number of benzene rings is 1. The van der Waals surface area contributed by atoms with Gasteiger partial charge in [0.05, 0.1) is 19.4 Å². The van der Waals surface area contributed by atoms with Gasteiger partial charge in [-0.3, -0.25) is 0 Å². The molecule has 1 N–H and O–H groups in total. The molecule has 0 aliphatic heterocycles. The predicted molar refractivity (Wildman–Crippen MR) is 74.1 cm³/mol. The second-order valence-corrected chi connectivity index (χ2v) is 4.29. The van der Waals surface area contributed by atoms with Crippen LogP contribution in [-0.2, 0) is 0 Å². The number of rotatable bonds is 5. The van der Waals surface area contributed by atoms with Crippen LogP contribution in [0, 0.1) is 0 Å². The van der Waals surface area contributed by atoms with Crippen molar-refractivity contribution in [1.82, 2.24) is 9.97 Å². The molecule has 4 nitrogen and oxygen atoms in total. The molecule has 0 fully saturated rings. The van der Waals surface area contributed by atoms with E-state index in [1.807, 2.05) is 37.3 Å². The topological polar surface area (TPSA) is 55.2 Å². The number of aliphatic hydroxyl groups excluding tert-OH is 1. The van der Waals surface area contributed by atoms with Crippen molar-refractivity contribution in [2.75, 3.05) is 13.7 Å². The van der Waals surface area contributed by atoms with E-state index in [0.717, 1.165) is 23.4 Å². The first-order chi connectivity index (χ1) is 9.30. The molecule has 1 heterocycles. The quantitative estimate of drug-likeness (QED) is 0.895. The van der Waals surface area contributed by atoms with Crippen LogP contribution >= 0.6 is 0 Å². The molecule has 0 aliphatic rings. The Hall–Kier alpha value is -1.94.